The fourth-order valence-corrected chi connectivity index (χ4v) is 0. The minimum Gasteiger partial charge on any atom is -0.574 e. The standard InChI is InChI=1S/2C2H3O.Y/c2*1-2-3-1;/h2*1H,2H2;/q2*-1;. The van der Waals surface area contributed by atoms with Gasteiger partial charge in [-0.3, -0.25) is 0 Å². The molecular weight excluding hydrogens is 169 g/mol. The molecule has 39 valence electrons. The average Bonchev–Trinajstić information content (AvgIpc) is 2.31. The van der Waals surface area contributed by atoms with Crippen molar-refractivity contribution >= 4 is 0 Å². The van der Waals surface area contributed by atoms with Crippen LogP contribution in [0.3, 0.4) is 0 Å². The molecule has 0 amide bonds. The quantitative estimate of drug-likeness (QED) is 0.392. The Morgan fingerprint density at radius 2 is 1.14 bits per heavy atom. The molecule has 2 rings (SSSR count). The van der Waals surface area contributed by atoms with Crippen molar-refractivity contribution in [1.29, 1.82) is 0 Å². The van der Waals surface area contributed by atoms with E-state index in [4.69, 9.17) is 0 Å². The van der Waals surface area contributed by atoms with Gasteiger partial charge in [-0.25, -0.2) is 0 Å². The molecular formula is C4H6O2Y-2. The molecule has 2 aliphatic heterocycles. The van der Waals surface area contributed by atoms with Crippen LogP contribution in [-0.2, 0) is 42.2 Å². The number of rotatable bonds is 0. The number of hydrogen-bond donors (Lipinski definition) is 0. The van der Waals surface area contributed by atoms with Crippen LogP contribution in [0.2, 0.25) is 0 Å². The van der Waals surface area contributed by atoms with E-state index in [1.54, 1.807) is 13.2 Å². The first-order valence-electron chi connectivity index (χ1n) is 1.87. The van der Waals surface area contributed by atoms with Gasteiger partial charge in [-0.2, -0.15) is 13.2 Å². The molecule has 0 saturated carbocycles. The molecule has 2 aliphatic rings. The van der Waals surface area contributed by atoms with E-state index in [1.165, 1.54) is 0 Å². The molecule has 2 heterocycles. The maximum atomic E-state index is 4.38. The molecule has 0 bridgehead atoms. The second-order valence-corrected chi connectivity index (χ2v) is 1.00. The molecule has 0 aromatic carbocycles. The zero-order valence-electron chi connectivity index (χ0n) is 3.96. The Bertz CT molecular complexity index is 25.2. The Labute approximate surface area is 68.4 Å². The number of hydrogen-bond acceptors (Lipinski definition) is 2. The van der Waals surface area contributed by atoms with Gasteiger partial charge in [0.1, 0.15) is 0 Å². The van der Waals surface area contributed by atoms with Crippen LogP contribution in [0, 0.1) is 13.2 Å². The third-order valence-corrected chi connectivity index (χ3v) is 0.333. The van der Waals surface area contributed by atoms with E-state index in [1.807, 2.05) is 0 Å². The van der Waals surface area contributed by atoms with Gasteiger partial charge in [-0.05, 0) is 0 Å². The predicted octanol–water partition coefficient (Wildman–Crippen LogP) is 0.354. The minimum absolute atomic E-state index is 0. The van der Waals surface area contributed by atoms with E-state index in [9.17, 15) is 0 Å². The van der Waals surface area contributed by atoms with E-state index < -0.39 is 0 Å². The molecule has 0 aliphatic carbocycles. The van der Waals surface area contributed by atoms with Crippen molar-refractivity contribution in [1.82, 2.24) is 0 Å². The van der Waals surface area contributed by atoms with Crippen molar-refractivity contribution < 1.29 is 42.2 Å². The Hall–Kier alpha value is 1.02. The summed E-state index contributed by atoms with van der Waals surface area (Å²) in [6, 6.07) is 0. The summed E-state index contributed by atoms with van der Waals surface area (Å²) >= 11 is 0. The molecule has 2 fully saturated rings. The van der Waals surface area contributed by atoms with Crippen LogP contribution < -0.4 is 0 Å². The molecule has 0 atom stereocenters. The van der Waals surface area contributed by atoms with Gasteiger partial charge in [0.15, 0.2) is 0 Å². The fourth-order valence-electron chi connectivity index (χ4n) is 0. The number of epoxide rings is 2. The molecule has 3 heteroatoms. The first-order chi connectivity index (χ1) is 3.00. The first-order valence-corrected chi connectivity index (χ1v) is 1.87. The molecule has 2 nitrogen and oxygen atoms in total. The van der Waals surface area contributed by atoms with Crippen LogP contribution >= 0.6 is 0 Å². The second-order valence-electron chi connectivity index (χ2n) is 1.00. The van der Waals surface area contributed by atoms with Gasteiger partial charge in [0, 0.05) is 32.7 Å². The molecule has 0 N–H and O–H groups in total. The maximum absolute atomic E-state index is 4.38. The van der Waals surface area contributed by atoms with Crippen molar-refractivity contribution in [3.05, 3.63) is 13.2 Å². The van der Waals surface area contributed by atoms with Crippen LogP contribution in [0.5, 0.6) is 0 Å². The van der Waals surface area contributed by atoms with Gasteiger partial charge < -0.3 is 9.47 Å². The van der Waals surface area contributed by atoms with Gasteiger partial charge in [0.25, 0.3) is 0 Å². The van der Waals surface area contributed by atoms with Gasteiger partial charge in [-0.15, -0.1) is 0 Å². The van der Waals surface area contributed by atoms with Crippen LogP contribution in [0.25, 0.3) is 0 Å². The van der Waals surface area contributed by atoms with E-state index >= 15 is 0 Å². The first kappa shape index (κ1) is 8.02. The third kappa shape index (κ3) is 19.4. The van der Waals surface area contributed by atoms with Gasteiger partial charge >= 0.3 is 0 Å². The molecule has 0 aromatic heterocycles. The van der Waals surface area contributed by atoms with Crippen molar-refractivity contribution in [2.45, 2.75) is 0 Å². The Morgan fingerprint density at radius 1 is 1.00 bits per heavy atom. The van der Waals surface area contributed by atoms with E-state index in [2.05, 4.69) is 9.47 Å². The summed E-state index contributed by atoms with van der Waals surface area (Å²) in [6.45, 7) is 5.25. The van der Waals surface area contributed by atoms with Gasteiger partial charge in [0.2, 0.25) is 0 Å². The summed E-state index contributed by atoms with van der Waals surface area (Å²) in [5, 5.41) is 0. The SMILES string of the molecule is [CH-]1CO1.[CH-]1CO1.[Y]. The maximum Gasteiger partial charge on any atom is 0 e. The summed E-state index contributed by atoms with van der Waals surface area (Å²) < 4.78 is 8.75. The zero-order valence-corrected chi connectivity index (χ0v) is 6.80. The van der Waals surface area contributed by atoms with Gasteiger partial charge in [0.05, 0.1) is 0 Å². The summed E-state index contributed by atoms with van der Waals surface area (Å²) in [6.07, 6.45) is 0. The Morgan fingerprint density at radius 3 is 1.14 bits per heavy atom. The van der Waals surface area contributed by atoms with E-state index in [0.717, 1.165) is 13.2 Å². The Balaban J connectivity index is 0.0000000900. The second kappa shape index (κ2) is 5.17. The van der Waals surface area contributed by atoms with E-state index in [-0.39, 0.29) is 32.7 Å². The smallest absolute Gasteiger partial charge is 0 e. The normalized spacial score (nSPS) is 20.6. The monoisotopic (exact) mass is 175 g/mol. The molecule has 7 heavy (non-hydrogen) atoms. The Kier molecular flexibility index (Phi) is 5.92. The van der Waals surface area contributed by atoms with E-state index in [0.29, 0.717) is 0 Å². The van der Waals surface area contributed by atoms with Crippen molar-refractivity contribution in [2.75, 3.05) is 13.2 Å². The van der Waals surface area contributed by atoms with Crippen LogP contribution in [0.4, 0.5) is 0 Å². The molecule has 0 unspecified atom stereocenters. The number of ether oxygens (including phenoxy) is 2. The summed E-state index contributed by atoms with van der Waals surface area (Å²) in [5.41, 5.74) is 0. The van der Waals surface area contributed by atoms with Crippen LogP contribution in [-0.4, -0.2) is 13.2 Å². The van der Waals surface area contributed by atoms with Crippen molar-refractivity contribution in [3.8, 4) is 0 Å². The molecule has 1 radical (unpaired) electrons. The minimum atomic E-state index is 0. The third-order valence-electron chi connectivity index (χ3n) is 0.333. The summed E-state index contributed by atoms with van der Waals surface area (Å²) in [4.78, 5) is 0. The van der Waals surface area contributed by atoms with Crippen LogP contribution in [0.15, 0.2) is 0 Å². The summed E-state index contributed by atoms with van der Waals surface area (Å²) in [7, 11) is 0. The fraction of sp³-hybridized carbons (Fsp3) is 0.500. The molecule has 2 saturated heterocycles. The largest absolute Gasteiger partial charge is 0.574 e. The van der Waals surface area contributed by atoms with Crippen LogP contribution in [0.1, 0.15) is 0 Å². The average molecular weight is 175 g/mol. The van der Waals surface area contributed by atoms with Crippen molar-refractivity contribution in [3.63, 3.8) is 0 Å². The zero-order chi connectivity index (χ0) is 4.24. The molecule has 0 aromatic rings. The van der Waals surface area contributed by atoms with Crippen molar-refractivity contribution in [2.24, 2.45) is 0 Å². The van der Waals surface area contributed by atoms with Gasteiger partial charge in [-0.1, -0.05) is 13.2 Å². The summed E-state index contributed by atoms with van der Waals surface area (Å²) in [5.74, 6) is 0. The predicted molar refractivity (Wildman–Crippen MR) is 20.5 cm³/mol. The topological polar surface area (TPSA) is 25.1 Å². The molecule has 0 spiro atoms.